The largest absolute Gasteiger partial charge is 0.442 e. The van der Waals surface area contributed by atoms with Gasteiger partial charge in [-0.3, -0.25) is 14.4 Å². The molecule has 0 radical (unpaired) electrons. The maximum atomic E-state index is 15.4. The van der Waals surface area contributed by atoms with E-state index in [0.29, 0.717) is 4.68 Å². The Bertz CT molecular complexity index is 1290. The molecule has 0 saturated heterocycles. The van der Waals surface area contributed by atoms with E-state index in [0.717, 1.165) is 4.90 Å². The normalized spacial score (nSPS) is 13.6. The molecule has 1 aromatic heterocycles. The number of hydrogen-bond acceptors (Lipinski definition) is 6. The maximum Gasteiger partial charge on any atom is 0.435 e. The highest BCUT2D eigenvalue weighted by Gasteiger charge is 2.40. The number of ether oxygens (including phenoxy) is 1. The second-order valence-corrected chi connectivity index (χ2v) is 8.65. The highest BCUT2D eigenvalue weighted by Crippen LogP contribution is 2.35. The van der Waals surface area contributed by atoms with Crippen molar-refractivity contribution in [1.82, 2.24) is 9.78 Å². The summed E-state index contributed by atoms with van der Waals surface area (Å²) in [7, 11) is 0. The number of fused-ring (bicyclic) bond motifs is 2. The van der Waals surface area contributed by atoms with Crippen LogP contribution in [0.1, 0.15) is 51.8 Å². The van der Waals surface area contributed by atoms with E-state index >= 15 is 4.39 Å². The topological polar surface area (TPSA) is 98.6 Å². The number of hydrogen-bond donors (Lipinski definition) is 0. The first-order valence-electron chi connectivity index (χ1n) is 9.56. The van der Waals surface area contributed by atoms with Gasteiger partial charge in [0, 0.05) is 5.39 Å². The molecule has 4 rings (SSSR count). The van der Waals surface area contributed by atoms with Gasteiger partial charge >= 0.3 is 6.09 Å². The number of rotatable bonds is 3. The molecule has 2 heterocycles. The summed E-state index contributed by atoms with van der Waals surface area (Å²) in [6.07, 6.45) is -1.02. The third-order valence-corrected chi connectivity index (χ3v) is 5.27. The van der Waals surface area contributed by atoms with Crippen molar-refractivity contribution in [3.05, 3.63) is 58.9 Å². The van der Waals surface area contributed by atoms with Gasteiger partial charge in [-0.05, 0) is 45.0 Å². The summed E-state index contributed by atoms with van der Waals surface area (Å²) >= 11 is 3.00. The Morgan fingerprint density at radius 1 is 1.06 bits per heavy atom. The fourth-order valence-electron chi connectivity index (χ4n) is 3.42. The number of imide groups is 1. The van der Waals surface area contributed by atoms with Crippen LogP contribution in [0.3, 0.4) is 0 Å². The summed E-state index contributed by atoms with van der Waals surface area (Å²) in [5.41, 5.74) is -1.22. The van der Waals surface area contributed by atoms with Gasteiger partial charge in [0.05, 0.1) is 22.0 Å². The molecule has 164 valence electrons. The average Bonchev–Trinajstić information content (AvgIpc) is 3.23. The van der Waals surface area contributed by atoms with Crippen LogP contribution in [-0.2, 0) is 4.74 Å². The van der Waals surface area contributed by atoms with Crippen LogP contribution in [-0.4, -0.2) is 44.4 Å². The van der Waals surface area contributed by atoms with Crippen LogP contribution in [0.4, 0.5) is 15.0 Å². The molecule has 0 unspecified atom stereocenters. The lowest BCUT2D eigenvalue weighted by molar-refractivity contribution is 0.0520. The highest BCUT2D eigenvalue weighted by atomic mass is 79.9. The fourth-order valence-corrected chi connectivity index (χ4v) is 3.72. The van der Waals surface area contributed by atoms with Crippen molar-refractivity contribution in [2.45, 2.75) is 26.4 Å². The number of amides is 2. The van der Waals surface area contributed by atoms with Gasteiger partial charge in [-0.15, -0.1) is 5.10 Å². The Morgan fingerprint density at radius 3 is 2.19 bits per heavy atom. The number of halogens is 2. The van der Waals surface area contributed by atoms with Gasteiger partial charge in [0.1, 0.15) is 11.1 Å². The number of carbonyl (C=O) groups excluding carboxylic acids is 4. The fraction of sp³-hybridized carbons (Fsp3) is 0.227. The van der Waals surface area contributed by atoms with E-state index < -0.39 is 35.1 Å². The monoisotopic (exact) mass is 501 g/mol. The van der Waals surface area contributed by atoms with Gasteiger partial charge < -0.3 is 4.74 Å². The molecule has 8 nitrogen and oxygen atoms in total. The Hall–Kier alpha value is -3.40. The van der Waals surface area contributed by atoms with Crippen LogP contribution >= 0.6 is 15.9 Å². The minimum atomic E-state index is -1.02. The second-order valence-electron chi connectivity index (χ2n) is 8.09. The molecule has 0 bridgehead atoms. The first kappa shape index (κ1) is 21.8. The van der Waals surface area contributed by atoms with E-state index in [2.05, 4.69) is 21.0 Å². The van der Waals surface area contributed by atoms with E-state index in [1.807, 2.05) is 0 Å². The number of alkyl halides is 1. The number of carbonyl (C=O) groups is 4. The zero-order valence-corrected chi connectivity index (χ0v) is 18.9. The minimum Gasteiger partial charge on any atom is -0.442 e. The molecule has 1 aliphatic rings. The SMILES string of the molecule is CC(C)(C)OC(=O)n1nc(N2C(=O)c3ccccc3C2=O)c2ccc(C(=O)CBr)c(F)c21. The lowest BCUT2D eigenvalue weighted by atomic mass is 10.1. The van der Waals surface area contributed by atoms with Crippen molar-refractivity contribution >= 4 is 56.3 Å². The van der Waals surface area contributed by atoms with Gasteiger partial charge in [-0.25, -0.2) is 14.1 Å². The molecule has 0 fully saturated rings. The Kier molecular flexibility index (Phi) is 5.20. The predicted molar refractivity (Wildman–Crippen MR) is 117 cm³/mol. The van der Waals surface area contributed by atoms with Crippen molar-refractivity contribution in [1.29, 1.82) is 0 Å². The summed E-state index contributed by atoms with van der Waals surface area (Å²) < 4.78 is 21.4. The summed E-state index contributed by atoms with van der Waals surface area (Å²) in [5.74, 6) is -3.09. The van der Waals surface area contributed by atoms with Gasteiger partial charge in [0.15, 0.2) is 17.4 Å². The van der Waals surface area contributed by atoms with Crippen molar-refractivity contribution in [2.24, 2.45) is 0 Å². The van der Waals surface area contributed by atoms with Gasteiger partial charge in [0.2, 0.25) is 0 Å². The van der Waals surface area contributed by atoms with Crippen molar-refractivity contribution < 1.29 is 28.3 Å². The zero-order valence-electron chi connectivity index (χ0n) is 17.3. The Balaban J connectivity index is 1.96. The Morgan fingerprint density at radius 2 is 1.66 bits per heavy atom. The lowest BCUT2D eigenvalue weighted by Crippen LogP contribution is -2.31. The molecule has 10 heteroatoms. The number of aromatic nitrogens is 2. The summed E-state index contributed by atoms with van der Waals surface area (Å²) in [4.78, 5) is 51.7. The molecule has 0 N–H and O–H groups in total. The van der Waals surface area contributed by atoms with Gasteiger partial charge in [-0.1, -0.05) is 28.1 Å². The van der Waals surface area contributed by atoms with E-state index in [1.165, 1.54) is 24.3 Å². The van der Waals surface area contributed by atoms with Crippen molar-refractivity contribution in [3.8, 4) is 0 Å². The first-order valence-corrected chi connectivity index (χ1v) is 10.7. The summed E-state index contributed by atoms with van der Waals surface area (Å²) in [6, 6.07) is 8.79. The van der Waals surface area contributed by atoms with Gasteiger partial charge in [0.25, 0.3) is 11.8 Å². The number of anilines is 1. The molecule has 0 spiro atoms. The number of nitrogens with zero attached hydrogens (tertiary/aromatic N) is 3. The van der Waals surface area contributed by atoms with Gasteiger partial charge in [-0.2, -0.15) is 4.68 Å². The summed E-state index contributed by atoms with van der Waals surface area (Å²) in [5, 5.41) is 3.96. The highest BCUT2D eigenvalue weighted by molar-refractivity contribution is 9.09. The molecular formula is C22H17BrFN3O5. The quantitative estimate of drug-likeness (QED) is 0.300. The second kappa shape index (κ2) is 7.63. The minimum absolute atomic E-state index is 0.00832. The van der Waals surface area contributed by atoms with E-state index in [4.69, 9.17) is 4.74 Å². The third kappa shape index (κ3) is 3.40. The van der Waals surface area contributed by atoms with Crippen LogP contribution < -0.4 is 4.90 Å². The summed E-state index contributed by atoms with van der Waals surface area (Å²) in [6.45, 7) is 4.87. The zero-order chi connectivity index (χ0) is 23.4. The van der Waals surface area contributed by atoms with Crippen molar-refractivity contribution in [2.75, 3.05) is 10.2 Å². The molecule has 2 amide bonds. The van der Waals surface area contributed by atoms with Crippen LogP contribution in [0.15, 0.2) is 36.4 Å². The molecule has 0 aliphatic carbocycles. The lowest BCUT2D eigenvalue weighted by Gasteiger charge is -2.19. The standard InChI is InChI=1S/C22H17BrFN3O5/c1-22(2,3)32-21(31)27-17-14(9-8-13(16(17)24)15(28)10-23)18(25-27)26-19(29)11-6-4-5-7-12(11)20(26)30/h4-9H,10H2,1-3H3. The number of ketones is 1. The molecular weight excluding hydrogens is 485 g/mol. The van der Waals surface area contributed by atoms with E-state index in [9.17, 15) is 19.2 Å². The van der Waals surface area contributed by atoms with Crippen LogP contribution in [0.5, 0.6) is 0 Å². The Labute approximate surface area is 190 Å². The third-order valence-electron chi connectivity index (χ3n) is 4.76. The van der Waals surface area contributed by atoms with Crippen molar-refractivity contribution in [3.63, 3.8) is 0 Å². The molecule has 2 aromatic carbocycles. The number of Topliss-reactive ketones (excluding diaryl/α,β-unsaturated/α-hetero) is 1. The predicted octanol–water partition coefficient (Wildman–Crippen LogP) is 4.34. The average molecular weight is 502 g/mol. The van der Waals surface area contributed by atoms with Crippen LogP contribution in [0.25, 0.3) is 10.9 Å². The maximum absolute atomic E-state index is 15.4. The van der Waals surface area contributed by atoms with Crippen LogP contribution in [0, 0.1) is 5.82 Å². The molecule has 32 heavy (non-hydrogen) atoms. The van der Waals surface area contributed by atoms with E-state index in [1.54, 1.807) is 32.9 Å². The molecule has 0 atom stereocenters. The van der Waals surface area contributed by atoms with E-state index in [-0.39, 0.29) is 38.7 Å². The molecule has 0 saturated carbocycles. The first-order chi connectivity index (χ1) is 15.0. The number of benzene rings is 2. The smallest absolute Gasteiger partial charge is 0.435 e. The molecule has 3 aromatic rings. The van der Waals surface area contributed by atoms with Crippen LogP contribution in [0.2, 0.25) is 0 Å². The molecule has 1 aliphatic heterocycles.